The summed E-state index contributed by atoms with van der Waals surface area (Å²) in [6.45, 7) is 5.92. The first-order chi connectivity index (χ1) is 7.50. The van der Waals surface area contributed by atoms with Crippen LogP contribution < -0.4 is 11.1 Å². The van der Waals surface area contributed by atoms with E-state index in [1.165, 1.54) is 0 Å². The van der Waals surface area contributed by atoms with Gasteiger partial charge in [-0.05, 0) is 18.8 Å². The van der Waals surface area contributed by atoms with E-state index in [0.29, 0.717) is 25.6 Å². The van der Waals surface area contributed by atoms with Gasteiger partial charge in [-0.15, -0.1) is 0 Å². The molecule has 1 aliphatic rings. The molecule has 1 unspecified atom stereocenters. The summed E-state index contributed by atoms with van der Waals surface area (Å²) in [4.78, 5) is 24.3. The molecule has 0 aliphatic carbocycles. The number of piperidine rings is 1. The van der Waals surface area contributed by atoms with Gasteiger partial charge < -0.3 is 16.0 Å². The standard InChI is InChI=1S/C11H21N3O2/c1-8(2)6-13-10(15)9-4-3-5-14(7-9)11(12)16/h8-9H,3-7H2,1-2H3,(H2,12,16)(H,13,15). The van der Waals surface area contributed by atoms with Gasteiger partial charge in [-0.3, -0.25) is 4.79 Å². The lowest BCUT2D eigenvalue weighted by molar-refractivity contribution is -0.126. The second-order valence-electron chi connectivity index (χ2n) is 4.76. The Balaban J connectivity index is 2.41. The molecule has 1 fully saturated rings. The van der Waals surface area contributed by atoms with E-state index in [9.17, 15) is 9.59 Å². The molecule has 92 valence electrons. The second-order valence-corrected chi connectivity index (χ2v) is 4.76. The molecule has 1 saturated heterocycles. The van der Waals surface area contributed by atoms with Gasteiger partial charge in [-0.1, -0.05) is 13.8 Å². The predicted molar refractivity (Wildman–Crippen MR) is 61.7 cm³/mol. The summed E-state index contributed by atoms with van der Waals surface area (Å²) < 4.78 is 0. The molecule has 1 aliphatic heterocycles. The van der Waals surface area contributed by atoms with E-state index in [0.717, 1.165) is 12.8 Å². The monoisotopic (exact) mass is 227 g/mol. The SMILES string of the molecule is CC(C)CNC(=O)C1CCCN(C(N)=O)C1. The van der Waals surface area contributed by atoms with Crippen LogP contribution in [0, 0.1) is 11.8 Å². The van der Waals surface area contributed by atoms with Crippen LogP contribution in [0.2, 0.25) is 0 Å². The van der Waals surface area contributed by atoms with Crippen LogP contribution in [0.4, 0.5) is 4.79 Å². The van der Waals surface area contributed by atoms with Gasteiger partial charge in [0.25, 0.3) is 0 Å². The molecule has 3 amide bonds. The Morgan fingerprint density at radius 1 is 1.50 bits per heavy atom. The van der Waals surface area contributed by atoms with Crippen LogP contribution in [-0.2, 0) is 4.79 Å². The van der Waals surface area contributed by atoms with Crippen LogP contribution in [0.25, 0.3) is 0 Å². The Kier molecular flexibility index (Phi) is 4.58. The normalized spacial score (nSPS) is 20.9. The molecule has 0 bridgehead atoms. The molecule has 1 rings (SSSR count). The molecule has 0 aromatic carbocycles. The highest BCUT2D eigenvalue weighted by atomic mass is 16.2. The van der Waals surface area contributed by atoms with Crippen molar-refractivity contribution < 1.29 is 9.59 Å². The van der Waals surface area contributed by atoms with Gasteiger partial charge in [0.1, 0.15) is 0 Å². The van der Waals surface area contributed by atoms with Crippen LogP contribution in [0.15, 0.2) is 0 Å². The first-order valence-electron chi connectivity index (χ1n) is 5.82. The lowest BCUT2D eigenvalue weighted by Gasteiger charge is -2.30. The van der Waals surface area contributed by atoms with E-state index >= 15 is 0 Å². The van der Waals surface area contributed by atoms with Crippen molar-refractivity contribution in [3.05, 3.63) is 0 Å². The predicted octanol–water partition coefficient (Wildman–Crippen LogP) is 0.549. The molecule has 1 heterocycles. The molecule has 5 nitrogen and oxygen atoms in total. The summed E-state index contributed by atoms with van der Waals surface area (Å²) in [7, 11) is 0. The maximum Gasteiger partial charge on any atom is 0.314 e. The zero-order valence-corrected chi connectivity index (χ0v) is 10.0. The second kappa shape index (κ2) is 5.72. The van der Waals surface area contributed by atoms with Crippen molar-refractivity contribution in [1.82, 2.24) is 10.2 Å². The number of primary amides is 1. The average molecular weight is 227 g/mol. The van der Waals surface area contributed by atoms with E-state index < -0.39 is 6.03 Å². The van der Waals surface area contributed by atoms with Crippen molar-refractivity contribution in [2.45, 2.75) is 26.7 Å². The number of hydrogen-bond donors (Lipinski definition) is 2. The summed E-state index contributed by atoms with van der Waals surface area (Å²) >= 11 is 0. The van der Waals surface area contributed by atoms with E-state index in [1.54, 1.807) is 4.90 Å². The number of amides is 3. The Morgan fingerprint density at radius 2 is 2.19 bits per heavy atom. The molecule has 16 heavy (non-hydrogen) atoms. The number of likely N-dealkylation sites (tertiary alicyclic amines) is 1. The van der Waals surface area contributed by atoms with Gasteiger partial charge in [-0.25, -0.2) is 4.79 Å². The van der Waals surface area contributed by atoms with Crippen molar-refractivity contribution in [3.63, 3.8) is 0 Å². The third-order valence-corrected chi connectivity index (χ3v) is 2.79. The number of nitrogens with one attached hydrogen (secondary N) is 1. The number of hydrogen-bond acceptors (Lipinski definition) is 2. The van der Waals surface area contributed by atoms with E-state index in [4.69, 9.17) is 5.73 Å². The lowest BCUT2D eigenvalue weighted by Crippen LogP contribution is -2.47. The van der Waals surface area contributed by atoms with Gasteiger partial charge >= 0.3 is 6.03 Å². The molecular formula is C11H21N3O2. The van der Waals surface area contributed by atoms with Crippen molar-refractivity contribution in [2.24, 2.45) is 17.6 Å². The molecule has 0 spiro atoms. The van der Waals surface area contributed by atoms with Crippen LogP contribution in [0.1, 0.15) is 26.7 Å². The number of carbonyl (C=O) groups excluding carboxylic acids is 2. The number of urea groups is 1. The Hall–Kier alpha value is -1.26. The molecular weight excluding hydrogens is 206 g/mol. The highest BCUT2D eigenvalue weighted by molar-refractivity contribution is 5.80. The minimum absolute atomic E-state index is 0.0413. The Labute approximate surface area is 96.4 Å². The number of nitrogens with two attached hydrogens (primary N) is 1. The minimum Gasteiger partial charge on any atom is -0.356 e. The van der Waals surface area contributed by atoms with Crippen LogP contribution >= 0.6 is 0 Å². The third-order valence-electron chi connectivity index (χ3n) is 2.79. The molecule has 5 heteroatoms. The highest BCUT2D eigenvalue weighted by Gasteiger charge is 2.27. The van der Waals surface area contributed by atoms with Crippen molar-refractivity contribution >= 4 is 11.9 Å². The zero-order chi connectivity index (χ0) is 12.1. The fourth-order valence-electron chi connectivity index (χ4n) is 1.84. The maximum atomic E-state index is 11.8. The molecule has 0 radical (unpaired) electrons. The largest absolute Gasteiger partial charge is 0.356 e. The zero-order valence-electron chi connectivity index (χ0n) is 10.0. The summed E-state index contributed by atoms with van der Waals surface area (Å²) in [5, 5.41) is 2.89. The summed E-state index contributed by atoms with van der Waals surface area (Å²) in [5.74, 6) is 0.388. The first-order valence-corrected chi connectivity index (χ1v) is 5.82. The number of rotatable bonds is 3. The van der Waals surface area contributed by atoms with Crippen molar-refractivity contribution in [1.29, 1.82) is 0 Å². The van der Waals surface area contributed by atoms with Gasteiger partial charge in [-0.2, -0.15) is 0 Å². The summed E-state index contributed by atoms with van der Waals surface area (Å²) in [5.41, 5.74) is 5.21. The van der Waals surface area contributed by atoms with E-state index in [1.807, 2.05) is 0 Å². The number of nitrogens with zero attached hydrogens (tertiary/aromatic N) is 1. The van der Waals surface area contributed by atoms with Gasteiger partial charge in [0.15, 0.2) is 0 Å². The van der Waals surface area contributed by atoms with Crippen molar-refractivity contribution in [2.75, 3.05) is 19.6 Å². The minimum atomic E-state index is -0.429. The van der Waals surface area contributed by atoms with Crippen molar-refractivity contribution in [3.8, 4) is 0 Å². The number of carbonyl (C=O) groups is 2. The fourth-order valence-corrected chi connectivity index (χ4v) is 1.84. The van der Waals surface area contributed by atoms with E-state index in [2.05, 4.69) is 19.2 Å². The highest BCUT2D eigenvalue weighted by Crippen LogP contribution is 2.16. The molecule has 3 N–H and O–H groups in total. The smallest absolute Gasteiger partial charge is 0.314 e. The first kappa shape index (κ1) is 12.8. The van der Waals surface area contributed by atoms with Crippen LogP contribution in [0.5, 0.6) is 0 Å². The van der Waals surface area contributed by atoms with Crippen LogP contribution in [0.3, 0.4) is 0 Å². The van der Waals surface area contributed by atoms with E-state index in [-0.39, 0.29) is 11.8 Å². The average Bonchev–Trinajstić information content (AvgIpc) is 2.26. The Bertz CT molecular complexity index is 266. The van der Waals surface area contributed by atoms with Crippen LogP contribution in [-0.4, -0.2) is 36.5 Å². The van der Waals surface area contributed by atoms with Gasteiger partial charge in [0.05, 0.1) is 5.92 Å². The fraction of sp³-hybridized carbons (Fsp3) is 0.818. The molecule has 1 atom stereocenters. The Morgan fingerprint density at radius 3 is 2.75 bits per heavy atom. The quantitative estimate of drug-likeness (QED) is 0.738. The van der Waals surface area contributed by atoms with Gasteiger partial charge in [0, 0.05) is 19.6 Å². The third kappa shape index (κ3) is 3.72. The van der Waals surface area contributed by atoms with Gasteiger partial charge in [0.2, 0.25) is 5.91 Å². The molecule has 0 saturated carbocycles. The molecule has 0 aromatic heterocycles. The maximum absolute atomic E-state index is 11.8. The lowest BCUT2D eigenvalue weighted by atomic mass is 9.97. The summed E-state index contributed by atoms with van der Waals surface area (Å²) in [6.07, 6.45) is 1.69. The molecule has 0 aromatic rings. The topological polar surface area (TPSA) is 75.4 Å². The summed E-state index contributed by atoms with van der Waals surface area (Å²) in [6, 6.07) is -0.429.